The van der Waals surface area contributed by atoms with Crippen LogP contribution in [0.5, 0.6) is 0 Å². The predicted octanol–water partition coefficient (Wildman–Crippen LogP) is 0.906. The molecule has 0 saturated heterocycles. The van der Waals surface area contributed by atoms with Gasteiger partial charge in [0.2, 0.25) is 0 Å². The summed E-state index contributed by atoms with van der Waals surface area (Å²) >= 11 is 0. The summed E-state index contributed by atoms with van der Waals surface area (Å²) in [4.78, 5) is 25.2. The quantitative estimate of drug-likeness (QED) is 0.789. The number of carbonyl (C=O) groups is 2. The Kier molecular flexibility index (Phi) is 2.51. The molecule has 6 heteroatoms. The number of nitrogens with zero attached hydrogens (tertiary/aromatic N) is 1. The lowest BCUT2D eigenvalue weighted by Crippen LogP contribution is -2.44. The average molecular weight is 261 g/mol. The number of halogens is 1. The highest BCUT2D eigenvalue weighted by atomic mass is 19.1. The molecular weight excluding hydrogens is 249 g/mol. The second-order valence-corrected chi connectivity index (χ2v) is 4.64. The van der Waals surface area contributed by atoms with Gasteiger partial charge in [0, 0.05) is 7.05 Å². The van der Waals surface area contributed by atoms with E-state index in [0.29, 0.717) is 23.4 Å². The van der Waals surface area contributed by atoms with Gasteiger partial charge >= 0.3 is 6.03 Å². The van der Waals surface area contributed by atoms with E-state index in [-0.39, 0.29) is 17.8 Å². The summed E-state index contributed by atoms with van der Waals surface area (Å²) in [5.74, 6) is -0.482. The van der Waals surface area contributed by atoms with Gasteiger partial charge in [0.05, 0.1) is 23.9 Å². The van der Waals surface area contributed by atoms with Gasteiger partial charge in [-0.15, -0.1) is 0 Å². The monoisotopic (exact) mass is 261 g/mol. The second-order valence-electron chi connectivity index (χ2n) is 4.64. The number of carbonyl (C=O) groups excluding carboxylic acids is 2. The average Bonchev–Trinajstić information content (AvgIpc) is 2.65. The van der Waals surface area contributed by atoms with E-state index in [1.807, 2.05) is 0 Å². The summed E-state index contributed by atoms with van der Waals surface area (Å²) in [6, 6.07) is 4.89. The summed E-state index contributed by atoms with van der Waals surface area (Å²) in [5, 5.41) is 5.34. The van der Waals surface area contributed by atoms with Gasteiger partial charge in [-0.05, 0) is 17.7 Å². The number of likely N-dealkylation sites (N-methyl/N-ethyl adjacent to an activating group) is 1. The number of hydrogen-bond donors (Lipinski definition) is 2. The molecule has 2 heterocycles. The first-order chi connectivity index (χ1) is 9.06. The molecule has 0 spiro atoms. The van der Waals surface area contributed by atoms with Crippen LogP contribution in [0, 0.1) is 5.82 Å². The summed E-state index contributed by atoms with van der Waals surface area (Å²) in [6.07, 6.45) is 0. The third-order valence-electron chi connectivity index (χ3n) is 3.33. The number of hydrogen-bond acceptors (Lipinski definition) is 2. The minimum Gasteiger partial charge on any atom is -0.336 e. The van der Waals surface area contributed by atoms with Crippen LogP contribution in [0.2, 0.25) is 0 Å². The molecule has 3 rings (SSSR count). The van der Waals surface area contributed by atoms with E-state index in [9.17, 15) is 14.0 Å². The van der Waals surface area contributed by atoms with Crippen molar-refractivity contribution in [3.8, 4) is 0 Å². The maximum Gasteiger partial charge on any atom is 0.319 e. The van der Waals surface area contributed by atoms with Gasteiger partial charge in [0.25, 0.3) is 5.91 Å². The minimum atomic E-state index is -0.526. The molecule has 1 aromatic rings. The van der Waals surface area contributed by atoms with E-state index in [0.717, 1.165) is 0 Å². The molecule has 2 aliphatic rings. The van der Waals surface area contributed by atoms with Gasteiger partial charge in [-0.3, -0.25) is 4.79 Å². The summed E-state index contributed by atoms with van der Waals surface area (Å²) in [7, 11) is 1.68. The molecular formula is C13H12FN3O2. The molecule has 5 nitrogen and oxygen atoms in total. The second kappa shape index (κ2) is 4.08. The lowest BCUT2D eigenvalue weighted by Gasteiger charge is -2.25. The maximum atomic E-state index is 13.0. The normalized spacial score (nSPS) is 22.2. The van der Waals surface area contributed by atoms with Crippen molar-refractivity contribution in [2.75, 3.05) is 13.6 Å². The third kappa shape index (κ3) is 1.85. The molecule has 0 aliphatic carbocycles. The van der Waals surface area contributed by atoms with Crippen LogP contribution < -0.4 is 10.6 Å². The molecule has 19 heavy (non-hydrogen) atoms. The van der Waals surface area contributed by atoms with E-state index in [4.69, 9.17) is 0 Å². The van der Waals surface area contributed by atoms with Crippen LogP contribution in [0.25, 0.3) is 0 Å². The van der Waals surface area contributed by atoms with Gasteiger partial charge in [0.1, 0.15) is 5.82 Å². The molecule has 1 atom stereocenters. The number of rotatable bonds is 1. The third-order valence-corrected chi connectivity index (χ3v) is 3.33. The first kappa shape index (κ1) is 11.7. The Morgan fingerprint density at radius 1 is 1.26 bits per heavy atom. The number of benzene rings is 1. The molecule has 2 N–H and O–H groups in total. The van der Waals surface area contributed by atoms with Crippen molar-refractivity contribution in [2.45, 2.75) is 6.04 Å². The highest BCUT2D eigenvalue weighted by Gasteiger charge is 2.38. The minimum absolute atomic E-state index is 0.128. The Morgan fingerprint density at radius 2 is 1.95 bits per heavy atom. The number of nitrogens with one attached hydrogen (secondary N) is 2. The predicted molar refractivity (Wildman–Crippen MR) is 65.5 cm³/mol. The fourth-order valence-corrected chi connectivity index (χ4v) is 2.42. The molecule has 98 valence electrons. The van der Waals surface area contributed by atoms with Crippen molar-refractivity contribution in [3.63, 3.8) is 0 Å². The Bertz CT molecular complexity index is 594. The fraction of sp³-hybridized carbons (Fsp3) is 0.231. The zero-order valence-electron chi connectivity index (χ0n) is 10.2. The van der Waals surface area contributed by atoms with Gasteiger partial charge < -0.3 is 15.5 Å². The van der Waals surface area contributed by atoms with Crippen LogP contribution in [0.1, 0.15) is 11.6 Å². The fourth-order valence-electron chi connectivity index (χ4n) is 2.42. The van der Waals surface area contributed by atoms with Gasteiger partial charge in [0.15, 0.2) is 0 Å². The first-order valence-electron chi connectivity index (χ1n) is 5.88. The van der Waals surface area contributed by atoms with Crippen molar-refractivity contribution in [1.82, 2.24) is 15.5 Å². The Hall–Kier alpha value is -2.37. The number of amides is 3. The topological polar surface area (TPSA) is 61.4 Å². The van der Waals surface area contributed by atoms with Crippen LogP contribution in [0.4, 0.5) is 9.18 Å². The summed E-state index contributed by atoms with van der Waals surface area (Å²) in [6.45, 7) is 0.388. The van der Waals surface area contributed by atoms with Crippen LogP contribution in [-0.2, 0) is 4.79 Å². The SMILES string of the molecule is CN1CC2=C(C1=O)[C@@H](c1ccc(F)cc1)NC(=O)N2. The molecule has 1 aromatic carbocycles. The summed E-state index contributed by atoms with van der Waals surface area (Å²) in [5.41, 5.74) is 1.83. The Morgan fingerprint density at radius 3 is 2.63 bits per heavy atom. The molecule has 3 amide bonds. The van der Waals surface area contributed by atoms with Gasteiger partial charge in [-0.2, -0.15) is 0 Å². The molecule has 0 saturated carbocycles. The van der Waals surface area contributed by atoms with Crippen LogP contribution in [0.3, 0.4) is 0 Å². The number of urea groups is 1. The molecule has 0 radical (unpaired) electrons. The molecule has 0 fully saturated rings. The van der Waals surface area contributed by atoms with E-state index < -0.39 is 6.04 Å². The van der Waals surface area contributed by atoms with Crippen molar-refractivity contribution in [3.05, 3.63) is 46.9 Å². The molecule has 2 aliphatic heterocycles. The van der Waals surface area contributed by atoms with Crippen molar-refractivity contribution in [2.24, 2.45) is 0 Å². The summed E-state index contributed by atoms with van der Waals surface area (Å²) < 4.78 is 13.0. The van der Waals surface area contributed by atoms with Crippen molar-refractivity contribution >= 4 is 11.9 Å². The zero-order valence-corrected chi connectivity index (χ0v) is 10.2. The van der Waals surface area contributed by atoms with E-state index in [1.165, 1.54) is 17.0 Å². The lowest BCUT2D eigenvalue weighted by atomic mass is 9.96. The highest BCUT2D eigenvalue weighted by Crippen LogP contribution is 2.31. The van der Waals surface area contributed by atoms with Crippen LogP contribution >= 0.6 is 0 Å². The van der Waals surface area contributed by atoms with Gasteiger partial charge in [-0.25, -0.2) is 9.18 Å². The van der Waals surface area contributed by atoms with Crippen molar-refractivity contribution in [1.29, 1.82) is 0 Å². The van der Waals surface area contributed by atoms with Crippen molar-refractivity contribution < 1.29 is 14.0 Å². The van der Waals surface area contributed by atoms with Gasteiger partial charge in [-0.1, -0.05) is 12.1 Å². The Balaban J connectivity index is 2.04. The van der Waals surface area contributed by atoms with E-state index >= 15 is 0 Å². The van der Waals surface area contributed by atoms with Crippen LogP contribution in [-0.4, -0.2) is 30.4 Å². The van der Waals surface area contributed by atoms with E-state index in [1.54, 1.807) is 19.2 Å². The van der Waals surface area contributed by atoms with E-state index in [2.05, 4.69) is 10.6 Å². The molecule has 0 aromatic heterocycles. The van der Waals surface area contributed by atoms with Crippen LogP contribution in [0.15, 0.2) is 35.5 Å². The zero-order chi connectivity index (χ0) is 13.6. The largest absolute Gasteiger partial charge is 0.336 e. The Labute approximate surface area is 109 Å². The standard InChI is InChI=1S/C13H12FN3O2/c1-17-6-9-10(12(17)18)11(16-13(19)15-9)7-2-4-8(14)5-3-7/h2-5,11H,6H2,1H3,(H2,15,16,19)/t11-/m1/s1. The maximum absolute atomic E-state index is 13.0. The smallest absolute Gasteiger partial charge is 0.319 e. The molecule has 0 unspecified atom stereocenters. The molecule has 0 bridgehead atoms. The highest BCUT2D eigenvalue weighted by molar-refractivity contribution is 6.01. The first-order valence-corrected chi connectivity index (χ1v) is 5.88. The lowest BCUT2D eigenvalue weighted by molar-refractivity contribution is -0.124.